The molecule has 1 aromatic carbocycles. The number of hydrogen-bond acceptors (Lipinski definition) is 0. The summed E-state index contributed by atoms with van der Waals surface area (Å²) in [7, 11) is 0. The summed E-state index contributed by atoms with van der Waals surface area (Å²) in [5.74, 6) is 2.47. The number of benzene rings is 1. The summed E-state index contributed by atoms with van der Waals surface area (Å²) in [4.78, 5) is 0. The maximum Gasteiger partial charge on any atom is 0.419 e. The predicted molar refractivity (Wildman–Crippen MR) is 134 cm³/mol. The Labute approximate surface area is 213 Å². The summed E-state index contributed by atoms with van der Waals surface area (Å²) in [6.07, 6.45) is 11.4. The van der Waals surface area contributed by atoms with Crippen LogP contribution in [0.1, 0.15) is 120 Å². The topological polar surface area (TPSA) is 0 Å². The van der Waals surface area contributed by atoms with Crippen LogP contribution in [0.3, 0.4) is 0 Å². The van der Waals surface area contributed by atoms with Gasteiger partial charge in [0.1, 0.15) is 12.0 Å². The summed E-state index contributed by atoms with van der Waals surface area (Å²) < 4.78 is 75.8. The van der Waals surface area contributed by atoms with Crippen molar-refractivity contribution in [3.05, 3.63) is 35.1 Å². The van der Waals surface area contributed by atoms with Gasteiger partial charge in [0.15, 0.2) is 0 Å². The molecule has 3 aliphatic rings. The highest BCUT2D eigenvalue weighted by atomic mass is 19.4. The molecule has 0 radical (unpaired) electrons. The van der Waals surface area contributed by atoms with Gasteiger partial charge in [0.25, 0.3) is 0 Å². The van der Waals surface area contributed by atoms with E-state index in [0.29, 0.717) is 37.2 Å². The molecule has 0 spiro atoms. The van der Waals surface area contributed by atoms with Gasteiger partial charge in [-0.1, -0.05) is 51.5 Å². The standard InChI is InChI=1S/C17H31F.C13H13F5/c1-2-3-14-4-8-16(9-5-14)17-10-6-15(7-11-17)12-13-18;14-10-4-1-8(2-5-10)9-3-6-11(12(15)7-9)13(16,17)18/h14-17H,2-13H2,1H3;3,6-8,10H,1-2,4-5H2. The molecular formula is C30H44F6. The first-order valence-corrected chi connectivity index (χ1v) is 14.3. The van der Waals surface area contributed by atoms with Crippen molar-refractivity contribution in [1.82, 2.24) is 0 Å². The van der Waals surface area contributed by atoms with Gasteiger partial charge in [0.05, 0.1) is 12.2 Å². The van der Waals surface area contributed by atoms with E-state index < -0.39 is 23.7 Å². The van der Waals surface area contributed by atoms with E-state index in [0.717, 1.165) is 36.3 Å². The van der Waals surface area contributed by atoms with Crippen LogP contribution in [0.2, 0.25) is 0 Å². The minimum atomic E-state index is -4.67. The third kappa shape index (κ3) is 8.68. The lowest BCUT2D eigenvalue weighted by Gasteiger charge is -2.37. The van der Waals surface area contributed by atoms with Gasteiger partial charge in [-0.2, -0.15) is 13.2 Å². The van der Waals surface area contributed by atoms with Crippen molar-refractivity contribution in [3.63, 3.8) is 0 Å². The molecule has 6 heteroatoms. The minimum Gasteiger partial charge on any atom is -0.251 e. The Bertz CT molecular complexity index is 727. The molecule has 0 aliphatic heterocycles. The minimum absolute atomic E-state index is 0.0335. The smallest absolute Gasteiger partial charge is 0.251 e. The van der Waals surface area contributed by atoms with Gasteiger partial charge in [-0.05, 0) is 105 Å². The second-order valence-electron chi connectivity index (χ2n) is 11.5. The van der Waals surface area contributed by atoms with Crippen LogP contribution >= 0.6 is 0 Å². The lowest BCUT2D eigenvalue weighted by Crippen LogP contribution is -2.26. The van der Waals surface area contributed by atoms with Crippen molar-refractivity contribution in [2.75, 3.05) is 6.67 Å². The van der Waals surface area contributed by atoms with E-state index in [2.05, 4.69) is 6.92 Å². The fourth-order valence-corrected chi connectivity index (χ4v) is 6.86. The lowest BCUT2D eigenvalue weighted by atomic mass is 9.68. The number of hydrogen-bond donors (Lipinski definition) is 0. The molecule has 4 rings (SSSR count). The fourth-order valence-electron chi connectivity index (χ4n) is 6.86. The summed E-state index contributed by atoms with van der Waals surface area (Å²) in [5.41, 5.74) is -0.710. The van der Waals surface area contributed by atoms with Crippen LogP contribution in [0.5, 0.6) is 0 Å². The van der Waals surface area contributed by atoms with E-state index in [4.69, 9.17) is 0 Å². The van der Waals surface area contributed by atoms with Crippen molar-refractivity contribution in [2.45, 2.75) is 122 Å². The molecule has 0 heterocycles. The molecule has 0 bridgehead atoms. The first-order valence-electron chi connectivity index (χ1n) is 14.3. The molecule has 3 fully saturated rings. The Kier molecular flexibility index (Phi) is 11.5. The van der Waals surface area contributed by atoms with Crippen molar-refractivity contribution < 1.29 is 26.3 Å². The van der Waals surface area contributed by atoms with Crippen molar-refractivity contribution in [1.29, 1.82) is 0 Å². The van der Waals surface area contributed by atoms with Crippen molar-refractivity contribution in [3.8, 4) is 0 Å². The van der Waals surface area contributed by atoms with Gasteiger partial charge in [0, 0.05) is 0 Å². The maximum atomic E-state index is 13.4. The highest BCUT2D eigenvalue weighted by molar-refractivity contribution is 5.29. The van der Waals surface area contributed by atoms with Crippen LogP contribution in [0, 0.1) is 29.5 Å². The zero-order valence-electron chi connectivity index (χ0n) is 21.8. The largest absolute Gasteiger partial charge is 0.419 e. The third-order valence-corrected chi connectivity index (χ3v) is 9.09. The summed E-state index contributed by atoms with van der Waals surface area (Å²) >= 11 is 0. The van der Waals surface area contributed by atoms with E-state index in [-0.39, 0.29) is 12.6 Å². The van der Waals surface area contributed by atoms with E-state index in [1.54, 1.807) is 0 Å². The first kappa shape index (κ1) is 29.4. The Morgan fingerprint density at radius 1 is 0.750 bits per heavy atom. The summed E-state index contributed by atoms with van der Waals surface area (Å²) in [6, 6.07) is 3.01. The van der Waals surface area contributed by atoms with E-state index in [1.807, 2.05) is 0 Å². The summed E-state index contributed by atoms with van der Waals surface area (Å²) in [6.45, 7) is 2.22. The van der Waals surface area contributed by atoms with Crippen LogP contribution in [0.25, 0.3) is 0 Å². The quantitative estimate of drug-likeness (QED) is 0.329. The Morgan fingerprint density at radius 2 is 1.28 bits per heavy atom. The van der Waals surface area contributed by atoms with Gasteiger partial charge < -0.3 is 0 Å². The van der Waals surface area contributed by atoms with Gasteiger partial charge in [0.2, 0.25) is 0 Å². The van der Waals surface area contributed by atoms with Crippen LogP contribution < -0.4 is 0 Å². The molecule has 0 unspecified atom stereocenters. The number of halogens is 6. The molecule has 0 atom stereocenters. The highest BCUT2D eigenvalue weighted by Gasteiger charge is 2.34. The van der Waals surface area contributed by atoms with E-state index in [1.165, 1.54) is 70.3 Å². The normalized spacial score (nSPS) is 31.4. The van der Waals surface area contributed by atoms with Gasteiger partial charge in [-0.15, -0.1) is 0 Å². The molecule has 0 amide bonds. The molecule has 3 saturated carbocycles. The van der Waals surface area contributed by atoms with Crippen molar-refractivity contribution in [2.24, 2.45) is 23.7 Å². The lowest BCUT2D eigenvalue weighted by molar-refractivity contribution is -0.140. The molecule has 1 aromatic rings. The molecule has 0 N–H and O–H groups in total. The predicted octanol–water partition coefficient (Wildman–Crippen LogP) is 10.6. The van der Waals surface area contributed by atoms with Crippen LogP contribution in [0.15, 0.2) is 18.2 Å². The number of alkyl halides is 5. The first-order chi connectivity index (χ1) is 17.2. The van der Waals surface area contributed by atoms with Crippen LogP contribution in [-0.2, 0) is 6.18 Å². The van der Waals surface area contributed by atoms with Gasteiger partial charge >= 0.3 is 6.18 Å². The average Bonchev–Trinajstić information content (AvgIpc) is 2.85. The van der Waals surface area contributed by atoms with Gasteiger partial charge in [-0.25, -0.2) is 8.78 Å². The monoisotopic (exact) mass is 518 g/mol. The van der Waals surface area contributed by atoms with E-state index in [9.17, 15) is 26.3 Å². The average molecular weight is 519 g/mol. The molecule has 3 aliphatic carbocycles. The third-order valence-electron chi connectivity index (χ3n) is 9.09. The van der Waals surface area contributed by atoms with Crippen LogP contribution in [-0.4, -0.2) is 12.8 Å². The van der Waals surface area contributed by atoms with E-state index >= 15 is 0 Å². The second kappa shape index (κ2) is 14.1. The molecule has 36 heavy (non-hydrogen) atoms. The second-order valence-corrected chi connectivity index (χ2v) is 11.5. The Morgan fingerprint density at radius 3 is 1.72 bits per heavy atom. The molecule has 206 valence electrons. The zero-order chi connectivity index (χ0) is 26.1. The number of rotatable bonds is 6. The maximum absolute atomic E-state index is 13.4. The molecular weight excluding hydrogens is 474 g/mol. The molecule has 0 aromatic heterocycles. The fraction of sp³-hybridized carbons (Fsp3) is 0.800. The van der Waals surface area contributed by atoms with Crippen molar-refractivity contribution >= 4 is 0 Å². The molecule has 0 nitrogen and oxygen atoms in total. The van der Waals surface area contributed by atoms with Crippen LogP contribution in [0.4, 0.5) is 26.3 Å². The Hall–Kier alpha value is -1.20. The molecule has 0 saturated heterocycles. The van der Waals surface area contributed by atoms with Gasteiger partial charge in [-0.3, -0.25) is 4.39 Å². The highest BCUT2D eigenvalue weighted by Crippen LogP contribution is 2.43. The SMILES string of the molecule is CCCC1CCC(C2CCC(CCF)CC2)CC1.Fc1cc(C2CCC(F)CC2)ccc1C(F)(F)F. The summed E-state index contributed by atoms with van der Waals surface area (Å²) in [5, 5.41) is 0. The zero-order valence-corrected chi connectivity index (χ0v) is 21.8. The Balaban J connectivity index is 0.000000201.